The number of nitrogen functional groups attached to an aromatic ring is 1. The predicted octanol–water partition coefficient (Wildman–Crippen LogP) is 4.40. The van der Waals surface area contributed by atoms with Crippen molar-refractivity contribution in [2.24, 2.45) is 11.3 Å². The number of nitrogens with one attached hydrogen (secondary N) is 1. The number of para-hydroxylation sites is 1. The molecule has 1 saturated carbocycles. The summed E-state index contributed by atoms with van der Waals surface area (Å²) in [6.07, 6.45) is 9.33. The van der Waals surface area contributed by atoms with Crippen LogP contribution in [0.25, 0.3) is 0 Å². The number of rotatable bonds is 8. The lowest BCUT2D eigenvalue weighted by Gasteiger charge is -2.31. The first-order valence-electron chi connectivity index (χ1n) is 8.65. The van der Waals surface area contributed by atoms with E-state index < -0.39 is 0 Å². The first kappa shape index (κ1) is 16.4. The molecule has 21 heavy (non-hydrogen) atoms. The quantitative estimate of drug-likeness (QED) is 0.549. The third-order valence-corrected chi connectivity index (χ3v) is 4.86. The molecule has 1 aliphatic carbocycles. The van der Waals surface area contributed by atoms with Gasteiger partial charge in [0, 0.05) is 12.2 Å². The minimum absolute atomic E-state index is 0.583. The van der Waals surface area contributed by atoms with Crippen molar-refractivity contribution >= 4 is 5.69 Å². The van der Waals surface area contributed by atoms with Gasteiger partial charge >= 0.3 is 0 Å². The Bertz CT molecular complexity index is 419. The number of nitrogens with two attached hydrogens (primary N) is 1. The average molecular weight is 288 g/mol. The Morgan fingerprint density at radius 3 is 2.57 bits per heavy atom. The molecule has 3 N–H and O–H groups in total. The van der Waals surface area contributed by atoms with Gasteiger partial charge in [-0.3, -0.25) is 0 Å². The summed E-state index contributed by atoms with van der Waals surface area (Å²) in [5.41, 5.74) is 8.80. The maximum atomic E-state index is 5.99. The lowest BCUT2D eigenvalue weighted by atomic mass is 9.78. The number of benzene rings is 1. The van der Waals surface area contributed by atoms with Crippen LogP contribution in [0.5, 0.6) is 0 Å². The molecule has 0 spiro atoms. The van der Waals surface area contributed by atoms with Crippen molar-refractivity contribution in [2.45, 2.75) is 58.8 Å². The Labute approximate surface area is 130 Å². The molecular weight excluding hydrogens is 256 g/mol. The second-order valence-electron chi connectivity index (χ2n) is 7.28. The van der Waals surface area contributed by atoms with E-state index in [1.54, 1.807) is 0 Å². The highest BCUT2D eigenvalue weighted by molar-refractivity contribution is 5.46. The van der Waals surface area contributed by atoms with E-state index in [2.05, 4.69) is 31.3 Å². The largest absolute Gasteiger partial charge is 0.399 e. The molecule has 0 aromatic heterocycles. The third-order valence-electron chi connectivity index (χ3n) is 4.86. The molecule has 0 heterocycles. The van der Waals surface area contributed by atoms with Gasteiger partial charge < -0.3 is 11.1 Å². The van der Waals surface area contributed by atoms with Gasteiger partial charge in [-0.1, -0.05) is 44.9 Å². The van der Waals surface area contributed by atoms with Crippen LogP contribution in [-0.2, 0) is 6.42 Å². The van der Waals surface area contributed by atoms with E-state index in [0.717, 1.165) is 24.6 Å². The maximum Gasteiger partial charge on any atom is 0.0346 e. The molecule has 0 amide bonds. The van der Waals surface area contributed by atoms with Gasteiger partial charge in [-0.15, -0.1) is 0 Å². The highest BCUT2D eigenvalue weighted by atomic mass is 14.9. The van der Waals surface area contributed by atoms with Crippen molar-refractivity contribution in [1.82, 2.24) is 5.32 Å². The van der Waals surface area contributed by atoms with Crippen LogP contribution in [0.4, 0.5) is 5.69 Å². The summed E-state index contributed by atoms with van der Waals surface area (Å²) in [6.45, 7) is 7.03. The number of anilines is 1. The summed E-state index contributed by atoms with van der Waals surface area (Å²) in [5, 5.41) is 3.72. The van der Waals surface area contributed by atoms with Gasteiger partial charge in [-0.2, -0.15) is 0 Å². The van der Waals surface area contributed by atoms with Crippen LogP contribution in [0.3, 0.4) is 0 Å². The monoisotopic (exact) mass is 288 g/mol. The molecule has 118 valence electrons. The molecule has 0 atom stereocenters. The van der Waals surface area contributed by atoms with E-state index in [1.807, 2.05) is 12.1 Å². The SMILES string of the molecule is CC(C)CC1(CNCCCc2ccccc2N)CCCC1. The fourth-order valence-corrected chi connectivity index (χ4v) is 3.96. The van der Waals surface area contributed by atoms with Gasteiger partial charge in [0.15, 0.2) is 0 Å². The zero-order chi connectivity index (χ0) is 15.1. The minimum Gasteiger partial charge on any atom is -0.399 e. The fourth-order valence-electron chi connectivity index (χ4n) is 3.96. The molecule has 1 aromatic carbocycles. The van der Waals surface area contributed by atoms with E-state index in [9.17, 15) is 0 Å². The van der Waals surface area contributed by atoms with Crippen LogP contribution in [-0.4, -0.2) is 13.1 Å². The van der Waals surface area contributed by atoms with Crippen LogP contribution >= 0.6 is 0 Å². The summed E-state index contributed by atoms with van der Waals surface area (Å²) in [7, 11) is 0. The topological polar surface area (TPSA) is 38.0 Å². The van der Waals surface area contributed by atoms with Crippen molar-refractivity contribution in [2.75, 3.05) is 18.8 Å². The lowest BCUT2D eigenvalue weighted by molar-refractivity contribution is 0.224. The highest BCUT2D eigenvalue weighted by Gasteiger charge is 2.33. The second-order valence-corrected chi connectivity index (χ2v) is 7.28. The molecule has 0 radical (unpaired) electrons. The van der Waals surface area contributed by atoms with Crippen LogP contribution < -0.4 is 11.1 Å². The normalized spacial score (nSPS) is 17.5. The second kappa shape index (κ2) is 7.84. The Hall–Kier alpha value is -1.02. The van der Waals surface area contributed by atoms with Gasteiger partial charge in [0.05, 0.1) is 0 Å². The summed E-state index contributed by atoms with van der Waals surface area (Å²) in [5.74, 6) is 0.814. The van der Waals surface area contributed by atoms with Crippen molar-refractivity contribution in [1.29, 1.82) is 0 Å². The first-order chi connectivity index (χ1) is 10.1. The molecule has 1 aromatic rings. The number of hydrogen-bond acceptors (Lipinski definition) is 2. The average Bonchev–Trinajstić information content (AvgIpc) is 2.88. The van der Waals surface area contributed by atoms with Crippen molar-refractivity contribution in [3.8, 4) is 0 Å². The Morgan fingerprint density at radius 1 is 1.19 bits per heavy atom. The molecule has 2 rings (SSSR count). The van der Waals surface area contributed by atoms with Crippen LogP contribution in [0.1, 0.15) is 57.9 Å². The summed E-state index contributed by atoms with van der Waals surface area (Å²) >= 11 is 0. The Morgan fingerprint density at radius 2 is 1.90 bits per heavy atom. The molecule has 1 fully saturated rings. The molecule has 1 aliphatic rings. The van der Waals surface area contributed by atoms with E-state index in [1.165, 1.54) is 50.6 Å². The van der Waals surface area contributed by atoms with Crippen molar-refractivity contribution in [3.63, 3.8) is 0 Å². The van der Waals surface area contributed by atoms with Gasteiger partial charge in [-0.25, -0.2) is 0 Å². The lowest BCUT2D eigenvalue weighted by Crippen LogP contribution is -2.34. The standard InChI is InChI=1S/C19H32N2/c1-16(2)14-19(11-5-6-12-19)15-21-13-7-9-17-8-3-4-10-18(17)20/h3-4,8,10,16,21H,5-7,9,11-15,20H2,1-2H3. The van der Waals surface area contributed by atoms with E-state index in [-0.39, 0.29) is 0 Å². The summed E-state index contributed by atoms with van der Waals surface area (Å²) in [4.78, 5) is 0. The fraction of sp³-hybridized carbons (Fsp3) is 0.684. The molecule has 2 nitrogen and oxygen atoms in total. The van der Waals surface area contributed by atoms with E-state index in [4.69, 9.17) is 5.73 Å². The molecule has 0 unspecified atom stereocenters. The van der Waals surface area contributed by atoms with E-state index in [0.29, 0.717) is 5.41 Å². The van der Waals surface area contributed by atoms with Gasteiger partial charge in [0.2, 0.25) is 0 Å². The Balaban J connectivity index is 1.70. The van der Waals surface area contributed by atoms with Crippen molar-refractivity contribution in [3.05, 3.63) is 29.8 Å². The van der Waals surface area contributed by atoms with Gasteiger partial charge in [-0.05, 0) is 61.6 Å². The van der Waals surface area contributed by atoms with E-state index >= 15 is 0 Å². The molecule has 2 heteroatoms. The molecule has 0 aliphatic heterocycles. The summed E-state index contributed by atoms with van der Waals surface area (Å²) in [6, 6.07) is 8.23. The Kier molecular flexibility index (Phi) is 6.10. The zero-order valence-corrected chi connectivity index (χ0v) is 13.8. The first-order valence-corrected chi connectivity index (χ1v) is 8.65. The van der Waals surface area contributed by atoms with Gasteiger partial charge in [0.1, 0.15) is 0 Å². The van der Waals surface area contributed by atoms with Crippen molar-refractivity contribution < 1.29 is 0 Å². The molecule has 0 bridgehead atoms. The van der Waals surface area contributed by atoms with Crippen LogP contribution in [0.15, 0.2) is 24.3 Å². The number of hydrogen-bond donors (Lipinski definition) is 2. The minimum atomic E-state index is 0.583. The zero-order valence-electron chi connectivity index (χ0n) is 13.8. The van der Waals surface area contributed by atoms with Gasteiger partial charge in [0.25, 0.3) is 0 Å². The molecule has 0 saturated heterocycles. The maximum absolute atomic E-state index is 5.99. The third kappa shape index (κ3) is 5.03. The highest BCUT2D eigenvalue weighted by Crippen LogP contribution is 2.42. The van der Waals surface area contributed by atoms with Crippen LogP contribution in [0, 0.1) is 11.3 Å². The van der Waals surface area contributed by atoms with Crippen LogP contribution in [0.2, 0.25) is 0 Å². The summed E-state index contributed by atoms with van der Waals surface area (Å²) < 4.78 is 0. The number of aryl methyl sites for hydroxylation is 1. The predicted molar refractivity (Wildman–Crippen MR) is 92.4 cm³/mol. The molecular formula is C19H32N2. The smallest absolute Gasteiger partial charge is 0.0346 e.